The molecule has 0 unspecified atom stereocenters. The first kappa shape index (κ1) is 14.7. The van der Waals surface area contributed by atoms with Gasteiger partial charge in [0.25, 0.3) is 15.7 Å². The predicted octanol–water partition coefficient (Wildman–Crippen LogP) is 1.68. The molecule has 1 aromatic heterocycles. The summed E-state index contributed by atoms with van der Waals surface area (Å²) in [5.74, 6) is 0.195. The number of nitrogens with one attached hydrogen (secondary N) is 1. The number of nitrogens with zero attached hydrogens (tertiary/aromatic N) is 2. The largest absolute Gasteiger partial charge is 0.384 e. The third-order valence-corrected chi connectivity index (χ3v) is 4.17. The Bertz CT molecular complexity index is 787. The predicted molar refractivity (Wildman–Crippen MR) is 77.3 cm³/mol. The van der Waals surface area contributed by atoms with Crippen molar-refractivity contribution in [1.29, 1.82) is 0 Å². The maximum atomic E-state index is 12.2. The normalized spacial score (nSPS) is 11.1. The van der Waals surface area contributed by atoms with Gasteiger partial charge in [-0.05, 0) is 25.1 Å². The molecule has 0 saturated heterocycles. The lowest BCUT2D eigenvalue weighted by molar-refractivity contribution is -0.385. The molecule has 0 radical (unpaired) electrons. The van der Waals surface area contributed by atoms with Crippen LogP contribution in [-0.2, 0) is 10.0 Å². The zero-order valence-corrected chi connectivity index (χ0v) is 11.8. The summed E-state index contributed by atoms with van der Waals surface area (Å²) < 4.78 is 26.7. The molecule has 0 bridgehead atoms. The van der Waals surface area contributed by atoms with E-state index < -0.39 is 14.9 Å². The van der Waals surface area contributed by atoms with Crippen molar-refractivity contribution in [3.63, 3.8) is 0 Å². The molecule has 8 nitrogen and oxygen atoms in total. The molecular formula is C12H12N4O4S. The fourth-order valence-electron chi connectivity index (χ4n) is 1.69. The minimum absolute atomic E-state index is 0.0809. The summed E-state index contributed by atoms with van der Waals surface area (Å²) in [6.45, 7) is 1.47. The van der Waals surface area contributed by atoms with Crippen LogP contribution >= 0.6 is 0 Å². The summed E-state index contributed by atoms with van der Waals surface area (Å²) >= 11 is 0. The van der Waals surface area contributed by atoms with Crippen LogP contribution in [0.5, 0.6) is 0 Å². The van der Waals surface area contributed by atoms with E-state index in [1.807, 2.05) is 0 Å². The van der Waals surface area contributed by atoms with E-state index in [0.29, 0.717) is 0 Å². The number of benzene rings is 1. The summed E-state index contributed by atoms with van der Waals surface area (Å²) in [5, 5.41) is 10.9. The highest BCUT2D eigenvalue weighted by atomic mass is 32.2. The summed E-state index contributed by atoms with van der Waals surface area (Å²) in [6, 6.07) is 6.82. The fourth-order valence-corrected chi connectivity index (χ4v) is 2.75. The van der Waals surface area contributed by atoms with Crippen LogP contribution < -0.4 is 10.5 Å². The van der Waals surface area contributed by atoms with E-state index in [9.17, 15) is 18.5 Å². The molecule has 0 aliphatic carbocycles. The minimum Gasteiger partial charge on any atom is -0.384 e. The molecule has 0 fully saturated rings. The first-order chi connectivity index (χ1) is 9.81. The van der Waals surface area contributed by atoms with Gasteiger partial charge in [-0.2, -0.15) is 0 Å². The number of nitrogens with two attached hydrogens (primary N) is 1. The quantitative estimate of drug-likeness (QED) is 0.653. The number of aromatic nitrogens is 1. The Kier molecular flexibility index (Phi) is 3.76. The van der Waals surface area contributed by atoms with Crippen LogP contribution in [0.15, 0.2) is 41.4 Å². The van der Waals surface area contributed by atoms with Gasteiger partial charge >= 0.3 is 0 Å². The molecule has 21 heavy (non-hydrogen) atoms. The van der Waals surface area contributed by atoms with E-state index in [-0.39, 0.29) is 27.7 Å². The maximum Gasteiger partial charge on any atom is 0.274 e. The van der Waals surface area contributed by atoms with Crippen LogP contribution in [0.4, 0.5) is 17.2 Å². The molecule has 0 atom stereocenters. The highest BCUT2D eigenvalue weighted by molar-refractivity contribution is 7.92. The van der Waals surface area contributed by atoms with Gasteiger partial charge in [-0.1, -0.05) is 6.07 Å². The van der Waals surface area contributed by atoms with E-state index in [4.69, 9.17) is 5.73 Å². The number of hydrogen-bond donors (Lipinski definition) is 2. The fraction of sp³-hybridized carbons (Fsp3) is 0.0833. The van der Waals surface area contributed by atoms with Gasteiger partial charge in [0.05, 0.1) is 16.2 Å². The van der Waals surface area contributed by atoms with E-state index in [0.717, 1.165) is 6.20 Å². The smallest absolute Gasteiger partial charge is 0.274 e. The van der Waals surface area contributed by atoms with Crippen LogP contribution in [0.2, 0.25) is 0 Å². The van der Waals surface area contributed by atoms with Crippen molar-refractivity contribution in [3.8, 4) is 0 Å². The van der Waals surface area contributed by atoms with E-state index in [1.165, 1.54) is 37.3 Å². The first-order valence-corrected chi connectivity index (χ1v) is 7.28. The molecule has 1 heterocycles. The van der Waals surface area contributed by atoms with E-state index in [1.54, 1.807) is 0 Å². The highest BCUT2D eigenvalue weighted by Gasteiger charge is 2.19. The number of nitro benzene ring substituents is 1. The Labute approximate surface area is 120 Å². The first-order valence-electron chi connectivity index (χ1n) is 5.79. The SMILES string of the molecule is Cc1c(NS(=O)(=O)c2ccc(N)nc2)cccc1[N+](=O)[O-]. The third-order valence-electron chi connectivity index (χ3n) is 2.82. The van der Waals surface area contributed by atoms with Gasteiger partial charge in [0.2, 0.25) is 0 Å². The number of anilines is 2. The van der Waals surface area contributed by atoms with Crippen LogP contribution in [-0.4, -0.2) is 18.3 Å². The van der Waals surface area contributed by atoms with Gasteiger partial charge in [-0.3, -0.25) is 14.8 Å². The van der Waals surface area contributed by atoms with Crippen molar-refractivity contribution in [2.45, 2.75) is 11.8 Å². The van der Waals surface area contributed by atoms with Gasteiger partial charge in [0.15, 0.2) is 0 Å². The Balaban J connectivity index is 2.39. The number of nitrogen functional groups attached to an aromatic ring is 1. The standard InChI is InChI=1S/C12H12N4O4S/c1-8-10(3-2-4-11(8)16(17)18)15-21(19,20)9-5-6-12(13)14-7-9/h2-7,15H,1H3,(H2,13,14). The number of sulfonamides is 1. The lowest BCUT2D eigenvalue weighted by Gasteiger charge is -2.10. The molecule has 0 spiro atoms. The number of nitro groups is 1. The van der Waals surface area contributed by atoms with Crippen molar-refractivity contribution >= 4 is 27.2 Å². The molecular weight excluding hydrogens is 296 g/mol. The monoisotopic (exact) mass is 308 g/mol. The zero-order chi connectivity index (χ0) is 15.6. The third kappa shape index (κ3) is 3.08. The zero-order valence-electron chi connectivity index (χ0n) is 11.0. The number of rotatable bonds is 4. The molecule has 0 amide bonds. The number of pyridine rings is 1. The van der Waals surface area contributed by atoms with Crippen molar-refractivity contribution in [1.82, 2.24) is 4.98 Å². The molecule has 0 aliphatic rings. The Morgan fingerprint density at radius 2 is 2.00 bits per heavy atom. The van der Waals surface area contributed by atoms with E-state index in [2.05, 4.69) is 9.71 Å². The van der Waals surface area contributed by atoms with Gasteiger partial charge in [0, 0.05) is 12.3 Å². The average molecular weight is 308 g/mol. The molecule has 0 aliphatic heterocycles. The van der Waals surface area contributed by atoms with Crippen molar-refractivity contribution in [3.05, 3.63) is 52.2 Å². The molecule has 0 saturated carbocycles. The topological polar surface area (TPSA) is 128 Å². The minimum atomic E-state index is -3.89. The van der Waals surface area contributed by atoms with Gasteiger partial charge < -0.3 is 5.73 Å². The van der Waals surface area contributed by atoms with Crippen molar-refractivity contribution < 1.29 is 13.3 Å². The molecule has 110 valence electrons. The lowest BCUT2D eigenvalue weighted by atomic mass is 10.2. The van der Waals surface area contributed by atoms with Gasteiger partial charge in [-0.25, -0.2) is 13.4 Å². The second kappa shape index (κ2) is 5.37. The average Bonchev–Trinajstić information content (AvgIpc) is 2.41. The van der Waals surface area contributed by atoms with Crippen molar-refractivity contribution in [2.24, 2.45) is 0 Å². The Morgan fingerprint density at radius 1 is 1.29 bits per heavy atom. The Morgan fingerprint density at radius 3 is 2.57 bits per heavy atom. The van der Waals surface area contributed by atoms with Crippen LogP contribution in [0.1, 0.15) is 5.56 Å². The summed E-state index contributed by atoms with van der Waals surface area (Å²) in [5.41, 5.74) is 5.61. The van der Waals surface area contributed by atoms with Gasteiger partial charge in [-0.15, -0.1) is 0 Å². The highest BCUT2D eigenvalue weighted by Crippen LogP contribution is 2.27. The van der Waals surface area contributed by atoms with Crippen LogP contribution in [0.25, 0.3) is 0 Å². The molecule has 2 rings (SSSR count). The van der Waals surface area contributed by atoms with E-state index >= 15 is 0 Å². The summed E-state index contributed by atoms with van der Waals surface area (Å²) in [7, 11) is -3.89. The molecule has 9 heteroatoms. The molecule has 3 N–H and O–H groups in total. The van der Waals surface area contributed by atoms with Gasteiger partial charge in [0.1, 0.15) is 10.7 Å². The lowest BCUT2D eigenvalue weighted by Crippen LogP contribution is -2.14. The van der Waals surface area contributed by atoms with Crippen molar-refractivity contribution in [2.75, 3.05) is 10.5 Å². The molecule has 1 aromatic carbocycles. The summed E-state index contributed by atoms with van der Waals surface area (Å²) in [6.07, 6.45) is 1.12. The second-order valence-corrected chi connectivity index (χ2v) is 5.91. The Hall–Kier alpha value is -2.68. The van der Waals surface area contributed by atoms with Crippen LogP contribution in [0, 0.1) is 17.0 Å². The van der Waals surface area contributed by atoms with Crippen LogP contribution in [0.3, 0.4) is 0 Å². The summed E-state index contributed by atoms with van der Waals surface area (Å²) in [4.78, 5) is 13.9. The molecule has 2 aromatic rings. The maximum absolute atomic E-state index is 12.2. The number of hydrogen-bond acceptors (Lipinski definition) is 6. The second-order valence-electron chi connectivity index (χ2n) is 4.23.